The number of rotatable bonds is 4. The number of benzene rings is 1. The molecular weight excluding hydrogens is 192 g/mol. The zero-order valence-electron chi connectivity index (χ0n) is 9.37. The van der Waals surface area contributed by atoms with Crippen LogP contribution in [0.5, 0.6) is 5.75 Å². The third-order valence-electron chi connectivity index (χ3n) is 2.11. The molecule has 0 spiro atoms. The van der Waals surface area contributed by atoms with Gasteiger partial charge in [-0.05, 0) is 31.0 Å². The summed E-state index contributed by atoms with van der Waals surface area (Å²) in [5.41, 5.74) is 1.98. The standard InChI is InChI=1S/C12H16O3/c1-4-15-12(13)8-10-5-6-11(14-3)9(2)7-10/h5-7H,4,8H2,1-3H3. The minimum Gasteiger partial charge on any atom is -0.496 e. The van der Waals surface area contributed by atoms with Crippen molar-refractivity contribution in [2.24, 2.45) is 0 Å². The number of hydrogen-bond acceptors (Lipinski definition) is 3. The van der Waals surface area contributed by atoms with Crippen molar-refractivity contribution in [3.63, 3.8) is 0 Å². The summed E-state index contributed by atoms with van der Waals surface area (Å²) in [7, 11) is 1.63. The Balaban J connectivity index is 2.71. The molecule has 0 heterocycles. The van der Waals surface area contributed by atoms with E-state index in [0.29, 0.717) is 13.0 Å². The van der Waals surface area contributed by atoms with E-state index in [-0.39, 0.29) is 5.97 Å². The van der Waals surface area contributed by atoms with Crippen LogP contribution in [0.1, 0.15) is 18.1 Å². The molecule has 3 nitrogen and oxygen atoms in total. The SMILES string of the molecule is CCOC(=O)Cc1ccc(OC)c(C)c1. The lowest BCUT2D eigenvalue weighted by Crippen LogP contribution is -2.07. The summed E-state index contributed by atoms with van der Waals surface area (Å²) >= 11 is 0. The summed E-state index contributed by atoms with van der Waals surface area (Å²) in [6, 6.07) is 5.68. The molecule has 3 heteroatoms. The minimum atomic E-state index is -0.193. The van der Waals surface area contributed by atoms with E-state index in [9.17, 15) is 4.79 Å². The van der Waals surface area contributed by atoms with Crippen LogP contribution in [-0.2, 0) is 16.0 Å². The fourth-order valence-electron chi connectivity index (χ4n) is 1.43. The third-order valence-corrected chi connectivity index (χ3v) is 2.11. The first-order valence-electron chi connectivity index (χ1n) is 4.96. The Morgan fingerprint density at radius 2 is 2.13 bits per heavy atom. The van der Waals surface area contributed by atoms with Crippen LogP contribution in [0, 0.1) is 6.92 Å². The molecule has 1 rings (SSSR count). The molecule has 0 unspecified atom stereocenters. The Morgan fingerprint density at radius 3 is 2.67 bits per heavy atom. The molecule has 0 aliphatic carbocycles. The first-order valence-corrected chi connectivity index (χ1v) is 4.96. The van der Waals surface area contributed by atoms with Gasteiger partial charge < -0.3 is 9.47 Å². The second-order valence-corrected chi connectivity index (χ2v) is 3.29. The van der Waals surface area contributed by atoms with E-state index in [1.807, 2.05) is 25.1 Å². The number of hydrogen-bond donors (Lipinski definition) is 0. The molecule has 0 saturated heterocycles. The van der Waals surface area contributed by atoms with E-state index in [2.05, 4.69) is 0 Å². The summed E-state index contributed by atoms with van der Waals surface area (Å²) in [5.74, 6) is 0.643. The summed E-state index contributed by atoms with van der Waals surface area (Å²) in [6.07, 6.45) is 0.318. The van der Waals surface area contributed by atoms with E-state index in [4.69, 9.17) is 9.47 Å². The normalized spacial score (nSPS) is 9.80. The van der Waals surface area contributed by atoms with Gasteiger partial charge in [0.25, 0.3) is 0 Å². The van der Waals surface area contributed by atoms with E-state index < -0.39 is 0 Å². The summed E-state index contributed by atoms with van der Waals surface area (Å²) in [4.78, 5) is 11.2. The molecule has 0 aromatic heterocycles. The van der Waals surface area contributed by atoms with Gasteiger partial charge in [0.05, 0.1) is 20.1 Å². The zero-order chi connectivity index (χ0) is 11.3. The molecule has 0 atom stereocenters. The molecule has 15 heavy (non-hydrogen) atoms. The summed E-state index contributed by atoms with van der Waals surface area (Å²) in [5, 5.41) is 0. The van der Waals surface area contributed by atoms with Crippen molar-refractivity contribution in [3.8, 4) is 5.75 Å². The van der Waals surface area contributed by atoms with E-state index in [1.165, 1.54) is 0 Å². The summed E-state index contributed by atoms with van der Waals surface area (Å²) < 4.78 is 10.0. The van der Waals surface area contributed by atoms with Gasteiger partial charge in [-0.2, -0.15) is 0 Å². The fourth-order valence-corrected chi connectivity index (χ4v) is 1.43. The van der Waals surface area contributed by atoms with Crippen LogP contribution < -0.4 is 4.74 Å². The van der Waals surface area contributed by atoms with E-state index in [0.717, 1.165) is 16.9 Å². The van der Waals surface area contributed by atoms with Crippen molar-refractivity contribution < 1.29 is 14.3 Å². The lowest BCUT2D eigenvalue weighted by Gasteiger charge is -2.07. The predicted molar refractivity (Wildman–Crippen MR) is 58.1 cm³/mol. The largest absolute Gasteiger partial charge is 0.496 e. The quantitative estimate of drug-likeness (QED) is 0.711. The molecule has 0 aliphatic rings. The van der Waals surface area contributed by atoms with Crippen molar-refractivity contribution in [2.75, 3.05) is 13.7 Å². The first-order chi connectivity index (χ1) is 7.17. The van der Waals surface area contributed by atoms with Gasteiger partial charge >= 0.3 is 5.97 Å². The predicted octanol–water partition coefficient (Wildman–Crippen LogP) is 2.11. The Hall–Kier alpha value is -1.51. The van der Waals surface area contributed by atoms with Crippen LogP contribution in [0.15, 0.2) is 18.2 Å². The average Bonchev–Trinajstić information content (AvgIpc) is 2.18. The van der Waals surface area contributed by atoms with Gasteiger partial charge in [-0.3, -0.25) is 4.79 Å². The van der Waals surface area contributed by atoms with Crippen LogP contribution in [0.4, 0.5) is 0 Å². The highest BCUT2D eigenvalue weighted by Crippen LogP contribution is 2.18. The number of carbonyl (C=O) groups excluding carboxylic acids is 1. The Morgan fingerprint density at radius 1 is 1.40 bits per heavy atom. The number of methoxy groups -OCH3 is 1. The molecule has 82 valence electrons. The van der Waals surface area contributed by atoms with Gasteiger partial charge in [0.1, 0.15) is 5.75 Å². The molecule has 0 N–H and O–H groups in total. The highest BCUT2D eigenvalue weighted by Gasteiger charge is 2.05. The van der Waals surface area contributed by atoms with Crippen molar-refractivity contribution in [3.05, 3.63) is 29.3 Å². The molecule has 0 amide bonds. The monoisotopic (exact) mass is 208 g/mol. The highest BCUT2D eigenvalue weighted by atomic mass is 16.5. The van der Waals surface area contributed by atoms with Crippen LogP contribution in [0.25, 0.3) is 0 Å². The van der Waals surface area contributed by atoms with Crippen LogP contribution >= 0.6 is 0 Å². The van der Waals surface area contributed by atoms with Gasteiger partial charge in [-0.25, -0.2) is 0 Å². The Labute approximate surface area is 90.0 Å². The van der Waals surface area contributed by atoms with E-state index >= 15 is 0 Å². The molecule has 0 saturated carbocycles. The highest BCUT2D eigenvalue weighted by molar-refractivity contribution is 5.72. The van der Waals surface area contributed by atoms with Crippen LogP contribution in [-0.4, -0.2) is 19.7 Å². The molecular formula is C12H16O3. The second-order valence-electron chi connectivity index (χ2n) is 3.29. The fraction of sp³-hybridized carbons (Fsp3) is 0.417. The zero-order valence-corrected chi connectivity index (χ0v) is 9.37. The van der Waals surface area contributed by atoms with Crippen LogP contribution in [0.3, 0.4) is 0 Å². The molecule has 0 fully saturated rings. The topological polar surface area (TPSA) is 35.5 Å². The number of aryl methyl sites for hydroxylation is 1. The molecule has 1 aromatic rings. The summed E-state index contributed by atoms with van der Waals surface area (Å²) in [6.45, 7) is 4.18. The average molecular weight is 208 g/mol. The molecule has 0 radical (unpaired) electrons. The van der Waals surface area contributed by atoms with Gasteiger partial charge in [-0.15, -0.1) is 0 Å². The number of esters is 1. The van der Waals surface area contributed by atoms with Crippen molar-refractivity contribution in [1.82, 2.24) is 0 Å². The Kier molecular flexibility index (Phi) is 4.16. The maximum Gasteiger partial charge on any atom is 0.310 e. The van der Waals surface area contributed by atoms with Crippen molar-refractivity contribution in [1.29, 1.82) is 0 Å². The first kappa shape index (κ1) is 11.6. The smallest absolute Gasteiger partial charge is 0.310 e. The maximum absolute atomic E-state index is 11.2. The van der Waals surface area contributed by atoms with Crippen molar-refractivity contribution >= 4 is 5.97 Å². The number of carbonyl (C=O) groups is 1. The minimum absolute atomic E-state index is 0.193. The van der Waals surface area contributed by atoms with Gasteiger partial charge in [0.15, 0.2) is 0 Å². The van der Waals surface area contributed by atoms with Crippen LogP contribution in [0.2, 0.25) is 0 Å². The van der Waals surface area contributed by atoms with E-state index in [1.54, 1.807) is 14.0 Å². The third kappa shape index (κ3) is 3.27. The molecule has 1 aromatic carbocycles. The lowest BCUT2D eigenvalue weighted by molar-refractivity contribution is -0.142. The molecule has 0 bridgehead atoms. The van der Waals surface area contributed by atoms with Gasteiger partial charge in [0, 0.05) is 0 Å². The molecule has 0 aliphatic heterocycles. The van der Waals surface area contributed by atoms with Gasteiger partial charge in [-0.1, -0.05) is 12.1 Å². The van der Waals surface area contributed by atoms with Crippen molar-refractivity contribution in [2.45, 2.75) is 20.3 Å². The number of ether oxygens (including phenoxy) is 2. The second kappa shape index (κ2) is 5.39. The maximum atomic E-state index is 11.2. The Bertz CT molecular complexity index is 345. The van der Waals surface area contributed by atoms with Gasteiger partial charge in [0.2, 0.25) is 0 Å². The lowest BCUT2D eigenvalue weighted by atomic mass is 10.1.